The molecule has 5 nitrogen and oxygen atoms in total. The Labute approximate surface area is 209 Å². The predicted octanol–water partition coefficient (Wildman–Crippen LogP) is 6.33. The first kappa shape index (κ1) is 25.1. The molecule has 8 heteroatoms. The van der Waals surface area contributed by atoms with Crippen LogP contribution in [0.1, 0.15) is 32.0 Å². The van der Waals surface area contributed by atoms with Crippen LogP contribution in [0.4, 0.5) is 4.39 Å². The predicted molar refractivity (Wildman–Crippen MR) is 137 cm³/mol. The van der Waals surface area contributed by atoms with Crippen molar-refractivity contribution in [1.82, 2.24) is 9.55 Å². The third-order valence-electron chi connectivity index (χ3n) is 5.89. The summed E-state index contributed by atoms with van der Waals surface area (Å²) in [5.41, 5.74) is 2.87. The number of hydrogen-bond acceptors (Lipinski definition) is 4. The number of nitrogens with zero attached hydrogens (tertiary/aromatic N) is 2. The summed E-state index contributed by atoms with van der Waals surface area (Å²) in [5.74, 6) is -0.125. The minimum absolute atomic E-state index is 0.0317. The summed E-state index contributed by atoms with van der Waals surface area (Å²) in [5, 5.41) is 10.5. The smallest absolute Gasteiger partial charge is 0.178 e. The van der Waals surface area contributed by atoms with Gasteiger partial charge >= 0.3 is 0 Å². The van der Waals surface area contributed by atoms with Crippen LogP contribution >= 0.6 is 11.6 Å². The molecular formula is C27H26ClFN2O3S. The number of sulfone groups is 1. The van der Waals surface area contributed by atoms with Crippen LogP contribution in [0, 0.1) is 12.7 Å². The molecule has 0 fully saturated rings. The highest BCUT2D eigenvalue weighted by atomic mass is 35.5. The van der Waals surface area contributed by atoms with Gasteiger partial charge in [0.2, 0.25) is 0 Å². The van der Waals surface area contributed by atoms with E-state index in [4.69, 9.17) is 11.6 Å². The van der Waals surface area contributed by atoms with Crippen molar-refractivity contribution in [3.05, 3.63) is 89.0 Å². The lowest BCUT2D eigenvalue weighted by molar-refractivity contribution is 0.0743. The van der Waals surface area contributed by atoms with E-state index in [0.29, 0.717) is 17.1 Å². The van der Waals surface area contributed by atoms with Gasteiger partial charge in [-0.3, -0.25) is 4.57 Å². The molecule has 182 valence electrons. The zero-order valence-electron chi connectivity index (χ0n) is 19.9. The van der Waals surface area contributed by atoms with Crippen LogP contribution in [0.2, 0.25) is 5.02 Å². The minimum atomic E-state index is -3.32. The Hall–Kier alpha value is -3.00. The molecule has 35 heavy (non-hydrogen) atoms. The van der Waals surface area contributed by atoms with E-state index in [2.05, 4.69) is 4.98 Å². The van der Waals surface area contributed by atoms with Crippen molar-refractivity contribution in [2.24, 2.45) is 0 Å². The fraction of sp³-hybridized carbons (Fsp3) is 0.222. The number of aliphatic hydroxyl groups is 1. The van der Waals surface area contributed by atoms with Crippen LogP contribution in [0.5, 0.6) is 0 Å². The lowest BCUT2D eigenvalue weighted by Crippen LogP contribution is -2.15. The number of benzene rings is 3. The lowest BCUT2D eigenvalue weighted by Gasteiger charge is -2.14. The summed E-state index contributed by atoms with van der Waals surface area (Å²) >= 11 is 6.28. The first-order valence-electron chi connectivity index (χ1n) is 11.1. The van der Waals surface area contributed by atoms with Gasteiger partial charge in [-0.25, -0.2) is 17.8 Å². The van der Waals surface area contributed by atoms with Crippen molar-refractivity contribution < 1.29 is 17.9 Å². The lowest BCUT2D eigenvalue weighted by atomic mass is 10.0. The average Bonchev–Trinajstić information content (AvgIpc) is 3.26. The molecule has 0 aliphatic rings. The summed E-state index contributed by atoms with van der Waals surface area (Å²) in [7, 11) is -3.32. The minimum Gasteiger partial charge on any atom is -0.384 e. The highest BCUT2D eigenvalue weighted by Crippen LogP contribution is 2.35. The fourth-order valence-corrected chi connectivity index (χ4v) is 5.00. The van der Waals surface area contributed by atoms with Gasteiger partial charge < -0.3 is 5.11 Å². The van der Waals surface area contributed by atoms with Gasteiger partial charge in [-0.1, -0.05) is 42.8 Å². The van der Waals surface area contributed by atoms with Crippen molar-refractivity contribution in [2.75, 3.05) is 5.75 Å². The fourth-order valence-electron chi connectivity index (χ4n) is 3.87. The molecule has 0 unspecified atom stereocenters. The number of hydrogen-bond donors (Lipinski definition) is 1. The Morgan fingerprint density at radius 2 is 1.74 bits per heavy atom. The molecule has 3 aromatic carbocycles. The van der Waals surface area contributed by atoms with Gasteiger partial charge in [0.05, 0.1) is 27.1 Å². The van der Waals surface area contributed by atoms with E-state index in [1.807, 2.05) is 31.2 Å². The van der Waals surface area contributed by atoms with E-state index in [0.717, 1.165) is 22.4 Å². The summed E-state index contributed by atoms with van der Waals surface area (Å²) < 4.78 is 40.7. The molecule has 1 aromatic heterocycles. The quantitative estimate of drug-likeness (QED) is 0.328. The highest BCUT2D eigenvalue weighted by molar-refractivity contribution is 7.91. The van der Waals surface area contributed by atoms with E-state index >= 15 is 0 Å². The van der Waals surface area contributed by atoms with Gasteiger partial charge in [-0.15, -0.1) is 0 Å². The average molecular weight is 513 g/mol. The Bertz CT molecular complexity index is 1520. The molecule has 1 heterocycles. The second-order valence-corrected chi connectivity index (χ2v) is 11.6. The zero-order chi connectivity index (χ0) is 25.5. The van der Waals surface area contributed by atoms with Crippen LogP contribution in [-0.4, -0.2) is 28.8 Å². The van der Waals surface area contributed by atoms with Crippen LogP contribution in [0.3, 0.4) is 0 Å². The molecule has 0 atom stereocenters. The van der Waals surface area contributed by atoms with Gasteiger partial charge in [0, 0.05) is 11.8 Å². The molecule has 0 aliphatic carbocycles. The molecule has 0 amide bonds. The van der Waals surface area contributed by atoms with Crippen molar-refractivity contribution in [3.8, 4) is 28.2 Å². The maximum atomic E-state index is 14.2. The van der Waals surface area contributed by atoms with Gasteiger partial charge in [-0.05, 0) is 73.9 Å². The number of halogens is 2. The summed E-state index contributed by atoms with van der Waals surface area (Å²) in [4.78, 5) is 4.88. The summed E-state index contributed by atoms with van der Waals surface area (Å²) in [6.07, 6.45) is 1.72. The molecular weight excluding hydrogens is 487 g/mol. The molecule has 0 saturated heterocycles. The summed E-state index contributed by atoms with van der Waals surface area (Å²) in [6, 6.07) is 17.1. The molecule has 0 spiro atoms. The van der Waals surface area contributed by atoms with Crippen molar-refractivity contribution in [1.29, 1.82) is 0 Å². The van der Waals surface area contributed by atoms with E-state index in [1.165, 1.54) is 6.07 Å². The van der Waals surface area contributed by atoms with E-state index < -0.39 is 21.3 Å². The third kappa shape index (κ3) is 4.89. The van der Waals surface area contributed by atoms with E-state index in [9.17, 15) is 17.9 Å². The molecule has 0 aliphatic heterocycles. The molecule has 4 rings (SSSR count). The topological polar surface area (TPSA) is 72.2 Å². The van der Waals surface area contributed by atoms with Crippen molar-refractivity contribution >= 4 is 21.4 Å². The zero-order valence-corrected chi connectivity index (χ0v) is 21.5. The molecule has 1 N–H and O–H groups in total. The number of imidazole rings is 1. The third-order valence-corrected chi connectivity index (χ3v) is 8.00. The highest BCUT2D eigenvalue weighted by Gasteiger charge is 2.25. The Morgan fingerprint density at radius 1 is 1.06 bits per heavy atom. The van der Waals surface area contributed by atoms with Gasteiger partial charge in [-0.2, -0.15) is 0 Å². The molecule has 0 bridgehead atoms. The van der Waals surface area contributed by atoms with Gasteiger partial charge in [0.15, 0.2) is 9.84 Å². The SMILES string of the molecule is CCS(=O)(=O)c1cccc(-c2ccc(-n3cc(C(C)(C)O)nc3-c3cccc(F)c3Cl)c(C)c2)c1. The number of aromatic nitrogens is 2. The van der Waals surface area contributed by atoms with Crippen LogP contribution in [0.25, 0.3) is 28.2 Å². The van der Waals surface area contributed by atoms with Crippen LogP contribution < -0.4 is 0 Å². The van der Waals surface area contributed by atoms with Gasteiger partial charge in [0.25, 0.3) is 0 Å². The van der Waals surface area contributed by atoms with Gasteiger partial charge in [0.1, 0.15) is 17.2 Å². The largest absolute Gasteiger partial charge is 0.384 e. The van der Waals surface area contributed by atoms with Crippen LogP contribution in [0.15, 0.2) is 71.8 Å². The van der Waals surface area contributed by atoms with E-state index in [-0.39, 0.29) is 15.7 Å². The van der Waals surface area contributed by atoms with Crippen molar-refractivity contribution in [2.45, 2.75) is 38.2 Å². The number of aryl methyl sites for hydroxylation is 1. The monoisotopic (exact) mass is 512 g/mol. The Morgan fingerprint density at radius 3 is 2.40 bits per heavy atom. The summed E-state index contributed by atoms with van der Waals surface area (Å²) in [6.45, 7) is 6.80. The second-order valence-electron chi connectivity index (χ2n) is 8.91. The molecule has 0 saturated carbocycles. The Kier molecular flexibility index (Phi) is 6.62. The van der Waals surface area contributed by atoms with Crippen molar-refractivity contribution in [3.63, 3.8) is 0 Å². The Balaban J connectivity index is 1.86. The second kappa shape index (κ2) is 9.22. The van der Waals surface area contributed by atoms with Crippen LogP contribution in [-0.2, 0) is 15.4 Å². The maximum absolute atomic E-state index is 14.2. The van der Waals surface area contributed by atoms with E-state index in [1.54, 1.807) is 61.9 Å². The first-order chi connectivity index (χ1) is 16.4. The maximum Gasteiger partial charge on any atom is 0.178 e. The molecule has 4 aromatic rings. The number of rotatable bonds is 6. The first-order valence-corrected chi connectivity index (χ1v) is 13.2. The molecule has 0 radical (unpaired) electrons. The standard InChI is InChI=1S/C27H26ClFN2O3S/c1-5-35(33,34)20-9-6-8-18(15-20)19-12-13-23(17(2)14-19)31-16-24(27(3,4)32)30-26(31)21-10-7-11-22(29)25(21)28/h6-16,32H,5H2,1-4H3. The normalized spacial score (nSPS) is 12.2.